The number of ether oxygens (including phenoxy) is 1. The van der Waals surface area contributed by atoms with E-state index in [9.17, 15) is 4.79 Å². The summed E-state index contributed by atoms with van der Waals surface area (Å²) >= 11 is 0. The number of carbonyl (C=O) groups excluding carboxylic acids is 1. The molecule has 0 aliphatic carbocycles. The van der Waals surface area contributed by atoms with Gasteiger partial charge in [-0.2, -0.15) is 0 Å². The van der Waals surface area contributed by atoms with Crippen LogP contribution in [0.2, 0.25) is 18.6 Å². The predicted octanol–water partition coefficient (Wildman–Crippen LogP) is 2.65. The van der Waals surface area contributed by atoms with Gasteiger partial charge >= 0.3 is 5.97 Å². The Hall–Kier alpha value is -0.473. The first-order valence-corrected chi connectivity index (χ1v) is 11.8. The maximum Gasteiger partial charge on any atom is 0.334 e. The Morgan fingerprint density at radius 3 is 2.83 bits per heavy atom. The zero-order valence-corrected chi connectivity index (χ0v) is 15.8. The predicted molar refractivity (Wildman–Crippen MR) is 86.8 cm³/mol. The van der Waals surface area contributed by atoms with Crippen LogP contribution < -0.4 is 0 Å². The Morgan fingerprint density at radius 1 is 1.43 bits per heavy atom. The number of hydroxylamine groups is 2. The van der Waals surface area contributed by atoms with Gasteiger partial charge in [0.1, 0.15) is 12.2 Å². The zero-order valence-electron chi connectivity index (χ0n) is 14.8. The molecule has 0 saturated carbocycles. The second kappa shape index (κ2) is 6.11. The first-order valence-electron chi connectivity index (χ1n) is 8.82. The fourth-order valence-electron chi connectivity index (χ4n) is 4.13. The molecule has 0 aromatic rings. The summed E-state index contributed by atoms with van der Waals surface area (Å²) in [5, 5.41) is 1.43. The molecule has 7 heteroatoms. The van der Waals surface area contributed by atoms with E-state index in [0.717, 1.165) is 19.3 Å². The molecule has 0 spiro atoms. The van der Waals surface area contributed by atoms with Crippen LogP contribution in [0.3, 0.4) is 0 Å². The van der Waals surface area contributed by atoms with Crippen molar-refractivity contribution >= 4 is 14.3 Å². The van der Waals surface area contributed by atoms with E-state index in [0.29, 0.717) is 19.1 Å². The van der Waals surface area contributed by atoms with Crippen molar-refractivity contribution in [3.05, 3.63) is 0 Å². The summed E-state index contributed by atoms with van der Waals surface area (Å²) in [5.41, 5.74) is -0.848. The molecule has 3 aliphatic rings. The van der Waals surface area contributed by atoms with Gasteiger partial charge in [-0.15, -0.1) is 0 Å². The highest BCUT2D eigenvalue weighted by Gasteiger charge is 2.78. The fourth-order valence-corrected chi connectivity index (χ4v) is 7.20. The molecule has 0 radical (unpaired) electrons. The van der Waals surface area contributed by atoms with E-state index >= 15 is 0 Å². The van der Waals surface area contributed by atoms with Crippen LogP contribution in [0.1, 0.15) is 40.0 Å². The third-order valence-corrected chi connectivity index (χ3v) is 8.85. The topological polar surface area (TPSA) is 57.2 Å². The molecule has 5 atom stereocenters. The molecule has 23 heavy (non-hydrogen) atoms. The van der Waals surface area contributed by atoms with Crippen molar-refractivity contribution in [1.29, 1.82) is 0 Å². The van der Waals surface area contributed by atoms with Gasteiger partial charge in [0.2, 0.25) is 5.54 Å². The first-order chi connectivity index (χ1) is 10.9. The molecule has 3 heterocycles. The van der Waals surface area contributed by atoms with Gasteiger partial charge in [0.05, 0.1) is 13.2 Å². The van der Waals surface area contributed by atoms with E-state index in [1.54, 1.807) is 0 Å². The van der Waals surface area contributed by atoms with Gasteiger partial charge in [-0.1, -0.05) is 20.3 Å². The van der Waals surface area contributed by atoms with Crippen LogP contribution in [0, 0.1) is 5.92 Å². The summed E-state index contributed by atoms with van der Waals surface area (Å²) in [4.78, 5) is 24.6. The number of carbonyl (C=O) groups is 1. The van der Waals surface area contributed by atoms with Crippen LogP contribution in [0.4, 0.5) is 0 Å². The van der Waals surface area contributed by atoms with Gasteiger partial charge in [-0.3, -0.25) is 9.68 Å². The smallest absolute Gasteiger partial charge is 0.334 e. The normalized spacial score (nSPS) is 39.4. The quantitative estimate of drug-likeness (QED) is 0.546. The third-order valence-electron chi connectivity index (χ3n) is 5.71. The van der Waals surface area contributed by atoms with Crippen molar-refractivity contribution in [3.8, 4) is 0 Å². The highest BCUT2D eigenvalue weighted by molar-refractivity contribution is 6.74. The molecule has 0 amide bonds. The van der Waals surface area contributed by atoms with Gasteiger partial charge in [-0.25, -0.2) is 4.79 Å². The van der Waals surface area contributed by atoms with E-state index in [4.69, 9.17) is 18.8 Å². The van der Waals surface area contributed by atoms with Crippen molar-refractivity contribution < 1.29 is 23.6 Å². The van der Waals surface area contributed by atoms with Gasteiger partial charge in [0.25, 0.3) is 0 Å². The Balaban J connectivity index is 1.87. The summed E-state index contributed by atoms with van der Waals surface area (Å²) in [6, 6.07) is 0. The Bertz CT molecular complexity index is 473. The molecule has 0 bridgehead atoms. The van der Waals surface area contributed by atoms with Gasteiger partial charge in [-0.05, 0) is 44.0 Å². The molecular formula is C16H29NO5Si. The maximum absolute atomic E-state index is 12.9. The summed E-state index contributed by atoms with van der Waals surface area (Å²) in [6.07, 6.45) is 2.66. The van der Waals surface area contributed by atoms with Crippen molar-refractivity contribution in [2.45, 2.75) is 76.4 Å². The maximum atomic E-state index is 12.9. The van der Waals surface area contributed by atoms with Crippen LogP contribution in [0.25, 0.3) is 0 Å². The summed E-state index contributed by atoms with van der Waals surface area (Å²) in [7, 11) is -2.04. The van der Waals surface area contributed by atoms with E-state index in [-0.39, 0.29) is 23.7 Å². The Labute approximate surface area is 139 Å². The molecule has 6 nitrogen and oxygen atoms in total. The standard InChI is InChI=1S/C16H29NO5Si/c1-6-11(3)8-9-12-14-16(15(18)19-7-2)13(23(4,5)22-14)10-20-17(16)21-12/h11-14H,6-10H2,1-5H3/t11-,12-,13+,14-,16-/m0/s1. The summed E-state index contributed by atoms with van der Waals surface area (Å²) < 4.78 is 11.8. The number of nitrogens with zero attached hydrogens (tertiary/aromatic N) is 1. The largest absolute Gasteiger partial charge is 0.464 e. The minimum absolute atomic E-state index is 0.0487. The fraction of sp³-hybridized carbons (Fsp3) is 0.938. The van der Waals surface area contributed by atoms with Gasteiger partial charge in [0, 0.05) is 5.54 Å². The molecule has 0 aromatic carbocycles. The lowest BCUT2D eigenvalue weighted by molar-refractivity contribution is -0.355. The second-order valence-electron chi connectivity index (χ2n) is 7.53. The molecule has 3 fully saturated rings. The highest BCUT2D eigenvalue weighted by atomic mass is 28.4. The van der Waals surface area contributed by atoms with Crippen molar-refractivity contribution in [2.24, 2.45) is 5.92 Å². The molecule has 132 valence electrons. The SMILES string of the molecule is CCOC(=O)[C@@]12[C@H]3CON1O[C@@H](CC[C@@H](C)CC)[C@@H]2O[Si]3(C)C. The number of hydrogen-bond acceptors (Lipinski definition) is 6. The molecule has 3 rings (SSSR count). The lowest BCUT2D eigenvalue weighted by Gasteiger charge is -2.28. The van der Waals surface area contributed by atoms with Crippen LogP contribution in [-0.2, 0) is 23.6 Å². The summed E-state index contributed by atoms with van der Waals surface area (Å²) in [5.74, 6) is 0.382. The minimum Gasteiger partial charge on any atom is -0.464 e. The molecular weight excluding hydrogens is 314 g/mol. The number of rotatable bonds is 6. The van der Waals surface area contributed by atoms with Crippen LogP contribution in [0.15, 0.2) is 0 Å². The molecule has 0 unspecified atom stereocenters. The third kappa shape index (κ3) is 2.48. The minimum atomic E-state index is -2.04. The number of hydrogen-bond donors (Lipinski definition) is 0. The monoisotopic (exact) mass is 343 g/mol. The molecule has 0 N–H and O–H groups in total. The molecule has 0 aromatic heterocycles. The average molecular weight is 343 g/mol. The second-order valence-corrected chi connectivity index (χ2v) is 11.7. The zero-order chi connectivity index (χ0) is 16.8. The van der Waals surface area contributed by atoms with E-state index < -0.39 is 13.9 Å². The van der Waals surface area contributed by atoms with Crippen molar-refractivity contribution in [1.82, 2.24) is 5.23 Å². The van der Waals surface area contributed by atoms with Crippen LogP contribution >= 0.6 is 0 Å². The van der Waals surface area contributed by atoms with Crippen molar-refractivity contribution in [2.75, 3.05) is 13.2 Å². The number of esters is 1. The lowest BCUT2D eigenvalue weighted by atomic mass is 9.85. The van der Waals surface area contributed by atoms with Crippen LogP contribution in [-0.4, -0.2) is 50.5 Å². The Kier molecular flexibility index (Phi) is 4.61. The molecule has 3 saturated heterocycles. The van der Waals surface area contributed by atoms with Crippen molar-refractivity contribution in [3.63, 3.8) is 0 Å². The first kappa shape index (κ1) is 17.4. The van der Waals surface area contributed by atoms with E-state index in [2.05, 4.69) is 26.9 Å². The Morgan fingerprint density at radius 2 is 2.17 bits per heavy atom. The average Bonchev–Trinajstić information content (AvgIpc) is 3.09. The lowest BCUT2D eigenvalue weighted by Crippen LogP contribution is -2.54. The van der Waals surface area contributed by atoms with Gasteiger partial charge < -0.3 is 9.16 Å². The van der Waals surface area contributed by atoms with E-state index in [1.165, 1.54) is 5.23 Å². The molecule has 3 aliphatic heterocycles. The van der Waals surface area contributed by atoms with Gasteiger partial charge in [0.15, 0.2) is 8.32 Å². The van der Waals surface area contributed by atoms with E-state index in [1.807, 2.05) is 6.92 Å². The van der Waals surface area contributed by atoms with Crippen LogP contribution in [0.5, 0.6) is 0 Å². The highest BCUT2D eigenvalue weighted by Crippen LogP contribution is 2.58. The summed E-state index contributed by atoms with van der Waals surface area (Å²) in [6.45, 7) is 11.4.